The average Bonchev–Trinajstić information content (AvgIpc) is 2.66. The summed E-state index contributed by atoms with van der Waals surface area (Å²) in [6.45, 7) is -0.0236. The number of rotatable bonds is 5. The van der Waals surface area contributed by atoms with Crippen LogP contribution in [0.15, 0.2) is 24.3 Å². The zero-order chi connectivity index (χ0) is 22.1. The van der Waals surface area contributed by atoms with Crippen molar-refractivity contribution in [1.82, 2.24) is 15.1 Å². The molecule has 0 saturated carbocycles. The fraction of sp³-hybridized carbons (Fsp3) is 0.500. The minimum Gasteiger partial charge on any atom is -0.434 e. The normalized spacial score (nSPS) is 19.2. The van der Waals surface area contributed by atoms with Gasteiger partial charge in [0, 0.05) is 18.0 Å². The summed E-state index contributed by atoms with van der Waals surface area (Å²) in [5.74, 6) is -0.661. The highest BCUT2D eigenvalue weighted by molar-refractivity contribution is 5.70. The predicted octanol–water partition coefficient (Wildman–Crippen LogP) is 4.45. The zero-order valence-electron chi connectivity index (χ0n) is 16.5. The van der Waals surface area contributed by atoms with Crippen molar-refractivity contribution in [2.45, 2.75) is 38.7 Å². The summed E-state index contributed by atoms with van der Waals surface area (Å²) in [6, 6.07) is 3.90. The van der Waals surface area contributed by atoms with E-state index < -0.39 is 30.2 Å². The number of nitrogens with zero attached hydrogens (tertiary/aromatic N) is 3. The van der Waals surface area contributed by atoms with Crippen LogP contribution in [0.25, 0.3) is 11.3 Å². The molecule has 1 fully saturated rings. The van der Waals surface area contributed by atoms with Crippen LogP contribution in [0.4, 0.5) is 22.0 Å². The van der Waals surface area contributed by atoms with Gasteiger partial charge in [-0.15, -0.1) is 5.10 Å². The Morgan fingerprint density at radius 1 is 1.20 bits per heavy atom. The Morgan fingerprint density at radius 3 is 2.53 bits per heavy atom. The van der Waals surface area contributed by atoms with E-state index in [0.29, 0.717) is 23.9 Å². The first kappa shape index (κ1) is 22.4. The number of hydrogen-bond donors (Lipinski definition) is 1. The number of alkyl halides is 5. The average molecular weight is 431 g/mol. The van der Waals surface area contributed by atoms with Gasteiger partial charge in [0.05, 0.1) is 17.0 Å². The van der Waals surface area contributed by atoms with E-state index in [-0.39, 0.29) is 17.2 Å². The molecule has 2 heterocycles. The minimum absolute atomic E-state index is 0.0212. The Labute approximate surface area is 170 Å². The third-order valence-electron chi connectivity index (χ3n) is 5.19. The summed E-state index contributed by atoms with van der Waals surface area (Å²) in [7, 11) is 1.97. The van der Waals surface area contributed by atoms with Crippen molar-refractivity contribution in [3.05, 3.63) is 41.1 Å². The maximum atomic E-state index is 13.0. The summed E-state index contributed by atoms with van der Waals surface area (Å²) in [4.78, 5) is 2.11. The van der Waals surface area contributed by atoms with Crippen molar-refractivity contribution in [1.29, 1.82) is 0 Å². The van der Waals surface area contributed by atoms with Gasteiger partial charge >= 0.3 is 12.8 Å². The molecule has 0 aliphatic carbocycles. The van der Waals surface area contributed by atoms with Gasteiger partial charge in [-0.2, -0.15) is 27.1 Å². The summed E-state index contributed by atoms with van der Waals surface area (Å²) in [5, 5.41) is 18.7. The minimum atomic E-state index is -4.71. The van der Waals surface area contributed by atoms with Gasteiger partial charge in [-0.1, -0.05) is 0 Å². The van der Waals surface area contributed by atoms with E-state index >= 15 is 0 Å². The molecule has 0 bridgehead atoms. The predicted molar refractivity (Wildman–Crippen MR) is 99.0 cm³/mol. The number of aliphatic hydroxyl groups excluding tert-OH is 1. The van der Waals surface area contributed by atoms with Gasteiger partial charge < -0.3 is 14.7 Å². The van der Waals surface area contributed by atoms with E-state index in [1.54, 1.807) is 13.0 Å². The second-order valence-corrected chi connectivity index (χ2v) is 7.50. The van der Waals surface area contributed by atoms with Gasteiger partial charge in [-0.3, -0.25) is 0 Å². The fourth-order valence-corrected chi connectivity index (χ4v) is 3.71. The van der Waals surface area contributed by atoms with Crippen molar-refractivity contribution in [2.24, 2.45) is 5.92 Å². The molecule has 164 valence electrons. The summed E-state index contributed by atoms with van der Waals surface area (Å²) in [5.41, 5.74) is -0.231. The SMILES string of the molecule is Cc1cc([C@H](O)[C@@H]2CCCN(C)C2)nnc1-c1ccc(C(F)(F)F)cc1OC(F)F. The van der Waals surface area contributed by atoms with Crippen LogP contribution in [0, 0.1) is 12.8 Å². The number of likely N-dealkylation sites (tertiary alicyclic amines) is 1. The molecule has 10 heteroatoms. The Hall–Kier alpha value is -2.33. The summed E-state index contributed by atoms with van der Waals surface area (Å²) in [6.07, 6.45) is -3.78. The lowest BCUT2D eigenvalue weighted by Crippen LogP contribution is -2.35. The quantitative estimate of drug-likeness (QED) is 0.709. The van der Waals surface area contributed by atoms with Gasteiger partial charge in [0.15, 0.2) is 0 Å². The van der Waals surface area contributed by atoms with Gasteiger partial charge in [-0.25, -0.2) is 0 Å². The highest BCUT2D eigenvalue weighted by Gasteiger charge is 2.32. The molecule has 1 aliphatic heterocycles. The maximum absolute atomic E-state index is 13.0. The zero-order valence-corrected chi connectivity index (χ0v) is 16.5. The third-order valence-corrected chi connectivity index (χ3v) is 5.19. The number of aromatic nitrogens is 2. The van der Waals surface area contributed by atoms with E-state index in [9.17, 15) is 27.1 Å². The molecule has 1 aromatic carbocycles. The topological polar surface area (TPSA) is 58.5 Å². The first-order valence-corrected chi connectivity index (χ1v) is 9.43. The number of ether oxygens (including phenoxy) is 1. The molecular formula is C20H22F5N3O2. The molecular weight excluding hydrogens is 409 g/mol. The molecule has 1 saturated heterocycles. The van der Waals surface area contributed by atoms with E-state index in [1.807, 2.05) is 7.05 Å². The first-order chi connectivity index (χ1) is 14.1. The molecule has 1 aromatic heterocycles. The van der Waals surface area contributed by atoms with Crippen LogP contribution in [0.2, 0.25) is 0 Å². The number of aryl methyl sites for hydroxylation is 1. The molecule has 1 aliphatic rings. The molecule has 5 nitrogen and oxygen atoms in total. The number of aliphatic hydroxyl groups is 1. The molecule has 1 N–H and O–H groups in total. The molecule has 3 rings (SSSR count). The number of piperidine rings is 1. The standard InChI is InChI=1S/C20H22F5N3O2/c1-11-8-15(18(29)12-4-3-7-28(2)10-12)26-27-17(11)14-6-5-13(20(23,24)25)9-16(14)30-19(21)22/h5-6,8-9,12,18-19,29H,3-4,7,10H2,1-2H3/t12-,18-/m1/s1. The molecule has 30 heavy (non-hydrogen) atoms. The van der Waals surface area contributed by atoms with Crippen LogP contribution < -0.4 is 4.74 Å². The van der Waals surface area contributed by atoms with E-state index in [0.717, 1.165) is 31.5 Å². The van der Waals surface area contributed by atoms with Crippen molar-refractivity contribution in [3.8, 4) is 17.0 Å². The van der Waals surface area contributed by atoms with Gasteiger partial charge in [0.1, 0.15) is 11.9 Å². The van der Waals surface area contributed by atoms with Crippen molar-refractivity contribution in [3.63, 3.8) is 0 Å². The second-order valence-electron chi connectivity index (χ2n) is 7.50. The Balaban J connectivity index is 1.94. The van der Waals surface area contributed by atoms with Crippen molar-refractivity contribution >= 4 is 0 Å². The monoisotopic (exact) mass is 431 g/mol. The van der Waals surface area contributed by atoms with Crippen LogP contribution in [0.1, 0.15) is 35.8 Å². The van der Waals surface area contributed by atoms with Gasteiger partial charge in [0.2, 0.25) is 0 Å². The summed E-state index contributed by atoms with van der Waals surface area (Å²) < 4.78 is 68.8. The van der Waals surface area contributed by atoms with Gasteiger partial charge in [-0.05, 0) is 63.2 Å². The lowest BCUT2D eigenvalue weighted by molar-refractivity contribution is -0.138. The number of halogens is 5. The molecule has 0 unspecified atom stereocenters. The fourth-order valence-electron chi connectivity index (χ4n) is 3.71. The van der Waals surface area contributed by atoms with E-state index in [4.69, 9.17) is 0 Å². The van der Waals surface area contributed by atoms with Crippen molar-refractivity contribution < 1.29 is 31.8 Å². The molecule has 2 aromatic rings. The third kappa shape index (κ3) is 5.04. The van der Waals surface area contributed by atoms with Crippen molar-refractivity contribution in [2.75, 3.05) is 20.1 Å². The second kappa shape index (κ2) is 8.81. The maximum Gasteiger partial charge on any atom is 0.416 e. The highest BCUT2D eigenvalue weighted by atomic mass is 19.4. The lowest BCUT2D eigenvalue weighted by atomic mass is 9.90. The van der Waals surface area contributed by atoms with E-state index in [2.05, 4.69) is 19.8 Å². The van der Waals surface area contributed by atoms with Crippen LogP contribution in [0.5, 0.6) is 5.75 Å². The molecule has 0 spiro atoms. The smallest absolute Gasteiger partial charge is 0.416 e. The Kier molecular flexibility index (Phi) is 6.56. The largest absolute Gasteiger partial charge is 0.434 e. The van der Waals surface area contributed by atoms with Crippen LogP contribution in [-0.4, -0.2) is 47.0 Å². The van der Waals surface area contributed by atoms with E-state index in [1.165, 1.54) is 0 Å². The van der Waals surface area contributed by atoms with Crippen LogP contribution in [0.3, 0.4) is 0 Å². The van der Waals surface area contributed by atoms with Crippen LogP contribution >= 0.6 is 0 Å². The lowest BCUT2D eigenvalue weighted by Gasteiger charge is -2.32. The molecule has 2 atom stereocenters. The number of benzene rings is 1. The van der Waals surface area contributed by atoms with Crippen LogP contribution in [-0.2, 0) is 6.18 Å². The summed E-state index contributed by atoms with van der Waals surface area (Å²) >= 11 is 0. The molecule has 0 radical (unpaired) electrons. The Morgan fingerprint density at radius 2 is 1.93 bits per heavy atom. The first-order valence-electron chi connectivity index (χ1n) is 9.43. The van der Waals surface area contributed by atoms with Gasteiger partial charge in [0.25, 0.3) is 0 Å². The Bertz CT molecular complexity index is 891. The molecule has 0 amide bonds. The number of hydrogen-bond acceptors (Lipinski definition) is 5. The highest BCUT2D eigenvalue weighted by Crippen LogP contribution is 2.38.